The highest BCUT2D eigenvalue weighted by molar-refractivity contribution is 7.19. The third-order valence-corrected chi connectivity index (χ3v) is 3.07. The summed E-state index contributed by atoms with van der Waals surface area (Å²) in [6, 6.07) is 6.77. The first kappa shape index (κ1) is 9.18. The number of carboxylic acid groups (broad SMARTS) is 1. The van der Waals surface area contributed by atoms with Gasteiger partial charge in [-0.05, 0) is 29.7 Å². The Morgan fingerprint density at radius 2 is 2.14 bits per heavy atom. The van der Waals surface area contributed by atoms with Gasteiger partial charge in [0.05, 0.1) is 12.2 Å². The van der Waals surface area contributed by atoms with Crippen molar-refractivity contribution in [1.82, 2.24) is 0 Å². The largest absolute Gasteiger partial charge is 0.478 e. The van der Waals surface area contributed by atoms with E-state index in [0.29, 0.717) is 0 Å². The fourth-order valence-electron chi connectivity index (χ4n) is 1.31. The summed E-state index contributed by atoms with van der Waals surface area (Å²) in [6.45, 7) is 0.00174. The van der Waals surface area contributed by atoms with E-state index < -0.39 is 5.97 Å². The van der Waals surface area contributed by atoms with Crippen LogP contribution in [0.5, 0.6) is 0 Å². The second-order valence-corrected chi connectivity index (χ2v) is 4.10. The zero-order valence-corrected chi connectivity index (χ0v) is 8.04. The summed E-state index contributed by atoms with van der Waals surface area (Å²) < 4.78 is 0.999. The van der Waals surface area contributed by atoms with Gasteiger partial charge in [0.1, 0.15) is 0 Å². The molecule has 1 heterocycles. The van der Waals surface area contributed by atoms with Gasteiger partial charge in [-0.1, -0.05) is 0 Å². The van der Waals surface area contributed by atoms with Crippen LogP contribution in [0.3, 0.4) is 0 Å². The highest BCUT2D eigenvalue weighted by Gasteiger charge is 2.05. The van der Waals surface area contributed by atoms with Crippen LogP contribution in [0.15, 0.2) is 24.3 Å². The summed E-state index contributed by atoms with van der Waals surface area (Å²) in [7, 11) is 0. The minimum Gasteiger partial charge on any atom is -0.478 e. The number of hydrogen-bond donors (Lipinski definition) is 2. The van der Waals surface area contributed by atoms with E-state index in [1.807, 2.05) is 6.07 Å². The van der Waals surface area contributed by atoms with Crippen molar-refractivity contribution in [2.45, 2.75) is 6.61 Å². The number of aromatic carboxylic acids is 1. The third kappa shape index (κ3) is 1.49. The number of rotatable bonds is 2. The van der Waals surface area contributed by atoms with Gasteiger partial charge in [-0.2, -0.15) is 0 Å². The Bertz CT molecular complexity index is 487. The van der Waals surface area contributed by atoms with Crippen molar-refractivity contribution in [1.29, 1.82) is 0 Å². The predicted molar refractivity (Wildman–Crippen MR) is 54.7 cm³/mol. The Morgan fingerprint density at radius 3 is 2.79 bits per heavy atom. The molecule has 0 atom stereocenters. The molecule has 72 valence electrons. The number of carboxylic acids is 1. The first-order chi connectivity index (χ1) is 6.70. The number of fused-ring (bicyclic) bond motifs is 1. The van der Waals surface area contributed by atoms with E-state index in [1.54, 1.807) is 18.2 Å². The van der Waals surface area contributed by atoms with E-state index in [4.69, 9.17) is 10.2 Å². The highest BCUT2D eigenvalue weighted by Crippen LogP contribution is 2.26. The molecule has 0 spiro atoms. The van der Waals surface area contributed by atoms with Crippen LogP contribution in [0.2, 0.25) is 0 Å². The molecular weight excluding hydrogens is 200 g/mol. The molecular formula is C10H8O3S. The maximum absolute atomic E-state index is 10.7. The quantitative estimate of drug-likeness (QED) is 0.794. The van der Waals surface area contributed by atoms with E-state index in [1.165, 1.54) is 11.3 Å². The van der Waals surface area contributed by atoms with Gasteiger partial charge < -0.3 is 10.2 Å². The molecule has 0 aliphatic heterocycles. The number of carbonyl (C=O) groups is 1. The lowest BCUT2D eigenvalue weighted by Crippen LogP contribution is -1.94. The number of benzene rings is 1. The topological polar surface area (TPSA) is 57.5 Å². The summed E-state index contributed by atoms with van der Waals surface area (Å²) in [5, 5.41) is 18.5. The molecule has 0 bridgehead atoms. The van der Waals surface area contributed by atoms with Gasteiger partial charge in [0.2, 0.25) is 0 Å². The van der Waals surface area contributed by atoms with Crippen molar-refractivity contribution in [3.8, 4) is 0 Å². The Hall–Kier alpha value is -1.39. The van der Waals surface area contributed by atoms with Crippen molar-refractivity contribution >= 4 is 27.4 Å². The summed E-state index contributed by atoms with van der Waals surface area (Å²) in [4.78, 5) is 11.5. The monoisotopic (exact) mass is 208 g/mol. The average Bonchev–Trinajstić information content (AvgIpc) is 2.58. The van der Waals surface area contributed by atoms with Crippen LogP contribution < -0.4 is 0 Å². The summed E-state index contributed by atoms with van der Waals surface area (Å²) in [6.07, 6.45) is 0. The average molecular weight is 208 g/mol. The van der Waals surface area contributed by atoms with Crippen LogP contribution in [0.1, 0.15) is 15.2 Å². The Balaban J connectivity index is 2.59. The van der Waals surface area contributed by atoms with E-state index >= 15 is 0 Å². The van der Waals surface area contributed by atoms with E-state index in [-0.39, 0.29) is 12.2 Å². The minimum atomic E-state index is -0.927. The molecule has 2 rings (SSSR count). The molecule has 0 amide bonds. The Kier molecular flexibility index (Phi) is 2.23. The van der Waals surface area contributed by atoms with Crippen LogP contribution in [0.25, 0.3) is 10.1 Å². The van der Waals surface area contributed by atoms with Gasteiger partial charge in [0.25, 0.3) is 0 Å². The molecule has 0 unspecified atom stereocenters. The zero-order valence-electron chi connectivity index (χ0n) is 7.23. The van der Waals surface area contributed by atoms with Crippen LogP contribution in [-0.4, -0.2) is 16.2 Å². The van der Waals surface area contributed by atoms with Crippen molar-refractivity contribution < 1.29 is 15.0 Å². The molecule has 0 aliphatic rings. The molecule has 0 saturated carbocycles. The number of aliphatic hydroxyl groups excluding tert-OH is 1. The number of thiophene rings is 1. The van der Waals surface area contributed by atoms with Gasteiger partial charge in [0, 0.05) is 9.58 Å². The van der Waals surface area contributed by atoms with Gasteiger partial charge in [-0.25, -0.2) is 4.79 Å². The van der Waals surface area contributed by atoms with Crippen LogP contribution in [0, 0.1) is 0 Å². The van der Waals surface area contributed by atoms with Crippen molar-refractivity contribution in [2.24, 2.45) is 0 Å². The second-order valence-electron chi connectivity index (χ2n) is 2.93. The standard InChI is InChI=1S/C10H8O3S/c11-5-8-4-7-3-6(10(12)13)1-2-9(7)14-8/h1-4,11H,5H2,(H,12,13). The molecule has 3 nitrogen and oxygen atoms in total. The Morgan fingerprint density at radius 1 is 1.36 bits per heavy atom. The first-order valence-corrected chi connectivity index (χ1v) is 4.89. The fourth-order valence-corrected chi connectivity index (χ4v) is 2.21. The zero-order chi connectivity index (χ0) is 10.1. The second kappa shape index (κ2) is 3.40. The maximum atomic E-state index is 10.7. The van der Waals surface area contributed by atoms with Crippen molar-refractivity contribution in [3.63, 3.8) is 0 Å². The number of aliphatic hydroxyl groups is 1. The van der Waals surface area contributed by atoms with Gasteiger partial charge in [-0.3, -0.25) is 0 Å². The van der Waals surface area contributed by atoms with Gasteiger partial charge >= 0.3 is 5.97 Å². The van der Waals surface area contributed by atoms with Gasteiger partial charge in [-0.15, -0.1) is 11.3 Å². The lowest BCUT2D eigenvalue weighted by atomic mass is 10.1. The first-order valence-electron chi connectivity index (χ1n) is 4.07. The number of hydrogen-bond acceptors (Lipinski definition) is 3. The maximum Gasteiger partial charge on any atom is 0.335 e. The summed E-state index contributed by atoms with van der Waals surface area (Å²) in [5.41, 5.74) is 0.278. The van der Waals surface area contributed by atoms with E-state index in [2.05, 4.69) is 0 Å². The lowest BCUT2D eigenvalue weighted by molar-refractivity contribution is 0.0697. The van der Waals surface area contributed by atoms with E-state index in [0.717, 1.165) is 15.0 Å². The third-order valence-electron chi connectivity index (χ3n) is 1.97. The molecule has 0 radical (unpaired) electrons. The normalized spacial score (nSPS) is 10.6. The molecule has 2 aromatic rings. The van der Waals surface area contributed by atoms with Gasteiger partial charge in [0.15, 0.2) is 0 Å². The highest BCUT2D eigenvalue weighted by atomic mass is 32.1. The molecule has 0 aliphatic carbocycles. The molecule has 1 aromatic heterocycles. The minimum absolute atomic E-state index is 0.00174. The predicted octanol–water partition coefficient (Wildman–Crippen LogP) is 2.09. The smallest absolute Gasteiger partial charge is 0.335 e. The summed E-state index contributed by atoms with van der Waals surface area (Å²) >= 11 is 1.47. The molecule has 0 fully saturated rings. The fraction of sp³-hybridized carbons (Fsp3) is 0.100. The molecule has 14 heavy (non-hydrogen) atoms. The SMILES string of the molecule is O=C(O)c1ccc2sc(CO)cc2c1. The molecule has 1 aromatic carbocycles. The van der Waals surface area contributed by atoms with Crippen LogP contribution in [-0.2, 0) is 6.61 Å². The van der Waals surface area contributed by atoms with E-state index in [9.17, 15) is 4.79 Å². The van der Waals surface area contributed by atoms with Crippen molar-refractivity contribution in [3.05, 3.63) is 34.7 Å². The lowest BCUT2D eigenvalue weighted by Gasteiger charge is -1.92. The molecule has 0 saturated heterocycles. The van der Waals surface area contributed by atoms with Crippen LogP contribution in [0.4, 0.5) is 0 Å². The summed E-state index contributed by atoms with van der Waals surface area (Å²) in [5.74, 6) is -0.927. The molecule has 2 N–H and O–H groups in total. The van der Waals surface area contributed by atoms with Crippen LogP contribution >= 0.6 is 11.3 Å². The Labute approximate surface area is 84.2 Å². The van der Waals surface area contributed by atoms with Crippen molar-refractivity contribution in [2.75, 3.05) is 0 Å². The molecule has 4 heteroatoms.